The van der Waals surface area contributed by atoms with Crippen molar-refractivity contribution in [3.05, 3.63) is 57.6 Å². The molecular formula is C22H27Cl2N3O3S. The molecule has 1 aliphatic heterocycles. The van der Waals surface area contributed by atoms with E-state index < -0.39 is 10.0 Å². The number of benzene rings is 2. The lowest BCUT2D eigenvalue weighted by molar-refractivity contribution is 0.102. The van der Waals surface area contributed by atoms with Gasteiger partial charge in [0.1, 0.15) is 4.90 Å². The van der Waals surface area contributed by atoms with Crippen LogP contribution in [0.15, 0.2) is 41.3 Å². The van der Waals surface area contributed by atoms with E-state index in [1.807, 2.05) is 26.0 Å². The maximum absolute atomic E-state index is 13.0. The quantitative estimate of drug-likeness (QED) is 0.630. The van der Waals surface area contributed by atoms with Gasteiger partial charge in [0.05, 0.1) is 15.7 Å². The molecule has 31 heavy (non-hydrogen) atoms. The molecule has 1 heterocycles. The number of rotatable bonds is 6. The van der Waals surface area contributed by atoms with Gasteiger partial charge in [0.2, 0.25) is 10.0 Å². The fourth-order valence-corrected chi connectivity index (χ4v) is 5.92. The number of halogens is 2. The number of likely N-dealkylation sites (tertiary alicyclic amines) is 1. The Balaban J connectivity index is 1.77. The second kappa shape index (κ2) is 9.88. The van der Waals surface area contributed by atoms with Gasteiger partial charge in [-0.1, -0.05) is 41.4 Å². The molecule has 0 radical (unpaired) electrons. The van der Waals surface area contributed by atoms with E-state index in [1.165, 1.54) is 12.1 Å². The number of nitrogens with one attached hydrogen (secondary N) is 2. The Bertz CT molecular complexity index is 1070. The van der Waals surface area contributed by atoms with E-state index in [2.05, 4.69) is 22.0 Å². The molecule has 168 valence electrons. The van der Waals surface area contributed by atoms with Crippen LogP contribution in [0.4, 0.5) is 5.69 Å². The number of hydrogen-bond acceptors (Lipinski definition) is 4. The van der Waals surface area contributed by atoms with Gasteiger partial charge >= 0.3 is 0 Å². The van der Waals surface area contributed by atoms with Gasteiger partial charge in [0.25, 0.3) is 5.91 Å². The highest BCUT2D eigenvalue weighted by atomic mass is 35.5. The van der Waals surface area contributed by atoms with Gasteiger partial charge in [0, 0.05) is 11.6 Å². The van der Waals surface area contributed by atoms with E-state index in [4.69, 9.17) is 23.2 Å². The van der Waals surface area contributed by atoms with Gasteiger partial charge in [0.15, 0.2) is 0 Å². The molecule has 2 N–H and O–H groups in total. The number of sulfonamides is 1. The topological polar surface area (TPSA) is 78.5 Å². The van der Waals surface area contributed by atoms with Crippen LogP contribution in [-0.4, -0.2) is 45.4 Å². The van der Waals surface area contributed by atoms with Gasteiger partial charge in [-0.3, -0.25) is 4.79 Å². The van der Waals surface area contributed by atoms with E-state index in [0.717, 1.165) is 31.5 Å². The fraction of sp³-hybridized carbons (Fsp3) is 0.409. The number of anilines is 1. The van der Waals surface area contributed by atoms with E-state index in [9.17, 15) is 13.2 Å². The second-order valence-corrected chi connectivity index (χ2v) is 10.5. The minimum absolute atomic E-state index is 0.0154. The van der Waals surface area contributed by atoms with Gasteiger partial charge in [-0.05, 0) is 76.5 Å². The minimum Gasteiger partial charge on any atom is -0.321 e. The number of aryl methyl sites for hydroxylation is 1. The summed E-state index contributed by atoms with van der Waals surface area (Å²) in [5, 5.41) is 2.57. The summed E-state index contributed by atoms with van der Waals surface area (Å²) in [6, 6.07) is 9.74. The second-order valence-electron chi connectivity index (χ2n) is 8.06. The summed E-state index contributed by atoms with van der Waals surface area (Å²) in [5.74, 6) is -0.0893. The molecule has 1 saturated heterocycles. The van der Waals surface area contributed by atoms with Gasteiger partial charge in [-0.15, -0.1) is 0 Å². The normalized spacial score (nSPS) is 16.8. The first-order valence-electron chi connectivity index (χ1n) is 10.2. The van der Waals surface area contributed by atoms with Crippen molar-refractivity contribution in [1.82, 2.24) is 9.62 Å². The van der Waals surface area contributed by atoms with Crippen LogP contribution >= 0.6 is 23.2 Å². The van der Waals surface area contributed by atoms with Crippen molar-refractivity contribution in [3.63, 3.8) is 0 Å². The van der Waals surface area contributed by atoms with Crippen molar-refractivity contribution < 1.29 is 13.2 Å². The first-order valence-corrected chi connectivity index (χ1v) is 12.4. The van der Waals surface area contributed by atoms with Crippen LogP contribution in [-0.2, 0) is 10.0 Å². The standard InChI is InChI=1S/C22H27Cl2N3O3S/c1-14-6-4-5-7-17(14)22(28)25-18-8-9-19(21(24)20(18)23)31(29,30)26-15(2)16-10-12-27(3)13-11-16/h4-9,15-16,26H,10-13H2,1-3H3,(H,25,28)/t15-/m1/s1. The SMILES string of the molecule is Cc1ccccc1C(=O)Nc1ccc(S(=O)(=O)N[C@H](C)C2CCN(C)CC2)c(Cl)c1Cl. The maximum Gasteiger partial charge on any atom is 0.255 e. The van der Waals surface area contributed by atoms with Crippen LogP contribution in [0, 0.1) is 12.8 Å². The predicted molar refractivity (Wildman–Crippen MR) is 126 cm³/mol. The molecule has 0 spiro atoms. The third kappa shape index (κ3) is 5.59. The number of amides is 1. The Hall–Kier alpha value is -1.64. The third-order valence-electron chi connectivity index (χ3n) is 5.79. The van der Waals surface area contributed by atoms with Crippen LogP contribution in [0.1, 0.15) is 35.7 Å². The van der Waals surface area contributed by atoms with Crippen LogP contribution in [0.3, 0.4) is 0 Å². The zero-order valence-corrected chi connectivity index (χ0v) is 20.1. The molecule has 1 atom stereocenters. The number of piperidine rings is 1. The first kappa shape index (κ1) is 24.0. The molecule has 1 amide bonds. The van der Waals surface area contributed by atoms with Crippen molar-refractivity contribution in [2.75, 3.05) is 25.5 Å². The van der Waals surface area contributed by atoms with Gasteiger partial charge in [-0.2, -0.15) is 0 Å². The molecule has 0 aliphatic carbocycles. The lowest BCUT2D eigenvalue weighted by Crippen LogP contribution is -2.43. The van der Waals surface area contributed by atoms with Crippen molar-refractivity contribution >= 4 is 44.8 Å². The van der Waals surface area contributed by atoms with Crippen LogP contribution in [0.2, 0.25) is 10.0 Å². The number of hydrogen-bond donors (Lipinski definition) is 2. The minimum atomic E-state index is -3.87. The number of carbonyl (C=O) groups is 1. The van der Waals surface area contributed by atoms with Gasteiger partial charge < -0.3 is 10.2 Å². The molecule has 0 bridgehead atoms. The molecule has 0 saturated carbocycles. The Labute approximate surface area is 194 Å². The summed E-state index contributed by atoms with van der Waals surface area (Å²) in [6.45, 7) is 5.59. The molecular weight excluding hydrogens is 457 g/mol. The maximum atomic E-state index is 13.0. The Morgan fingerprint density at radius 2 is 1.74 bits per heavy atom. The smallest absolute Gasteiger partial charge is 0.255 e. The van der Waals surface area contributed by atoms with Crippen molar-refractivity contribution in [1.29, 1.82) is 0 Å². The molecule has 6 nitrogen and oxygen atoms in total. The van der Waals surface area contributed by atoms with Crippen LogP contribution < -0.4 is 10.0 Å². The Kier molecular flexibility index (Phi) is 7.65. The molecule has 2 aromatic carbocycles. The van der Waals surface area contributed by atoms with Crippen molar-refractivity contribution in [3.8, 4) is 0 Å². The highest BCUT2D eigenvalue weighted by molar-refractivity contribution is 7.89. The lowest BCUT2D eigenvalue weighted by Gasteiger charge is -2.33. The molecule has 2 aromatic rings. The number of carbonyl (C=O) groups excluding carboxylic acids is 1. The molecule has 1 fully saturated rings. The highest BCUT2D eigenvalue weighted by Gasteiger charge is 2.28. The summed E-state index contributed by atoms with van der Waals surface area (Å²) < 4.78 is 28.7. The van der Waals surface area contributed by atoms with Crippen molar-refractivity contribution in [2.45, 2.75) is 37.6 Å². The summed E-state index contributed by atoms with van der Waals surface area (Å²) in [7, 11) is -1.81. The average Bonchev–Trinajstić information content (AvgIpc) is 2.71. The first-order chi connectivity index (χ1) is 14.6. The molecule has 0 unspecified atom stereocenters. The summed E-state index contributed by atoms with van der Waals surface area (Å²) in [4.78, 5) is 14.7. The monoisotopic (exact) mass is 483 g/mol. The molecule has 1 aliphatic rings. The Morgan fingerprint density at radius 1 is 1.10 bits per heavy atom. The fourth-order valence-electron chi connectivity index (χ4n) is 3.79. The average molecular weight is 484 g/mol. The van der Waals surface area contributed by atoms with Crippen LogP contribution in [0.5, 0.6) is 0 Å². The van der Waals surface area contributed by atoms with E-state index in [1.54, 1.807) is 12.1 Å². The van der Waals surface area contributed by atoms with Crippen LogP contribution in [0.25, 0.3) is 0 Å². The summed E-state index contributed by atoms with van der Waals surface area (Å²) in [5.41, 5.74) is 1.57. The van der Waals surface area contributed by atoms with Crippen molar-refractivity contribution in [2.24, 2.45) is 5.92 Å². The lowest BCUT2D eigenvalue weighted by atomic mass is 9.91. The third-order valence-corrected chi connectivity index (χ3v) is 8.38. The van der Waals surface area contributed by atoms with E-state index in [0.29, 0.717) is 5.56 Å². The molecule has 9 heteroatoms. The predicted octanol–water partition coefficient (Wildman–Crippen LogP) is 4.56. The number of nitrogens with zero attached hydrogens (tertiary/aromatic N) is 1. The zero-order chi connectivity index (χ0) is 22.8. The molecule has 0 aromatic heterocycles. The Morgan fingerprint density at radius 3 is 2.39 bits per heavy atom. The summed E-state index contributed by atoms with van der Waals surface area (Å²) in [6.07, 6.45) is 1.86. The largest absolute Gasteiger partial charge is 0.321 e. The summed E-state index contributed by atoms with van der Waals surface area (Å²) >= 11 is 12.7. The van der Waals surface area contributed by atoms with Gasteiger partial charge in [-0.25, -0.2) is 13.1 Å². The highest BCUT2D eigenvalue weighted by Crippen LogP contribution is 2.36. The zero-order valence-electron chi connectivity index (χ0n) is 17.8. The molecule has 3 rings (SSSR count). The van der Waals surface area contributed by atoms with E-state index in [-0.39, 0.29) is 38.5 Å². The van der Waals surface area contributed by atoms with E-state index >= 15 is 0 Å².